The molecule has 0 bridgehead atoms. The SMILES string of the molecule is CCN(CC)c1ccc(Nc2ncc(C(=O)NC3CC3)cn2)cc1. The van der Waals surface area contributed by atoms with E-state index >= 15 is 0 Å². The molecule has 6 heteroatoms. The number of aromatic nitrogens is 2. The lowest BCUT2D eigenvalue weighted by Gasteiger charge is -2.21. The van der Waals surface area contributed by atoms with Gasteiger partial charge in [0.25, 0.3) is 5.91 Å². The summed E-state index contributed by atoms with van der Waals surface area (Å²) in [5.41, 5.74) is 2.60. The topological polar surface area (TPSA) is 70.2 Å². The second-order valence-corrected chi connectivity index (χ2v) is 5.89. The van der Waals surface area contributed by atoms with Gasteiger partial charge < -0.3 is 15.5 Å². The Morgan fingerprint density at radius 2 is 1.75 bits per heavy atom. The highest BCUT2D eigenvalue weighted by atomic mass is 16.1. The van der Waals surface area contributed by atoms with Gasteiger partial charge in [0.15, 0.2) is 0 Å². The van der Waals surface area contributed by atoms with Crippen LogP contribution >= 0.6 is 0 Å². The Morgan fingerprint density at radius 1 is 1.12 bits per heavy atom. The Labute approximate surface area is 142 Å². The Kier molecular flexibility index (Phi) is 4.93. The molecule has 2 aromatic rings. The first kappa shape index (κ1) is 16.2. The van der Waals surface area contributed by atoms with Crippen molar-refractivity contribution in [2.45, 2.75) is 32.7 Å². The van der Waals surface area contributed by atoms with Crippen molar-refractivity contribution < 1.29 is 4.79 Å². The van der Waals surface area contributed by atoms with Gasteiger partial charge in [-0.25, -0.2) is 9.97 Å². The number of rotatable bonds is 7. The van der Waals surface area contributed by atoms with Gasteiger partial charge in [0, 0.05) is 42.9 Å². The van der Waals surface area contributed by atoms with Crippen LogP contribution in [0.2, 0.25) is 0 Å². The summed E-state index contributed by atoms with van der Waals surface area (Å²) in [7, 11) is 0. The maximum absolute atomic E-state index is 11.9. The molecule has 6 nitrogen and oxygen atoms in total. The fourth-order valence-corrected chi connectivity index (χ4v) is 2.48. The van der Waals surface area contributed by atoms with Crippen LogP contribution in [0.25, 0.3) is 0 Å². The molecule has 1 aliphatic rings. The molecule has 1 aromatic heterocycles. The number of hydrogen-bond donors (Lipinski definition) is 2. The van der Waals surface area contributed by atoms with E-state index in [0.717, 1.165) is 31.6 Å². The Balaban J connectivity index is 1.62. The number of benzene rings is 1. The van der Waals surface area contributed by atoms with E-state index in [1.165, 1.54) is 5.69 Å². The molecule has 1 aromatic carbocycles. The van der Waals surface area contributed by atoms with Gasteiger partial charge in [0.1, 0.15) is 0 Å². The van der Waals surface area contributed by atoms with Crippen LogP contribution in [0.4, 0.5) is 17.3 Å². The Morgan fingerprint density at radius 3 is 2.29 bits per heavy atom. The van der Waals surface area contributed by atoms with Crippen LogP contribution in [0, 0.1) is 0 Å². The average Bonchev–Trinajstić information content (AvgIpc) is 3.42. The zero-order valence-corrected chi connectivity index (χ0v) is 14.1. The maximum atomic E-state index is 11.9. The third kappa shape index (κ3) is 4.01. The Bertz CT molecular complexity index is 676. The zero-order chi connectivity index (χ0) is 16.9. The minimum atomic E-state index is -0.104. The normalized spacial score (nSPS) is 13.4. The minimum Gasteiger partial charge on any atom is -0.372 e. The predicted octanol–water partition coefficient (Wildman–Crippen LogP) is 2.96. The molecular weight excluding hydrogens is 302 g/mol. The maximum Gasteiger partial charge on any atom is 0.254 e. The van der Waals surface area contributed by atoms with Crippen molar-refractivity contribution in [2.24, 2.45) is 0 Å². The van der Waals surface area contributed by atoms with Crippen molar-refractivity contribution in [3.8, 4) is 0 Å². The van der Waals surface area contributed by atoms with Crippen molar-refractivity contribution in [2.75, 3.05) is 23.3 Å². The van der Waals surface area contributed by atoms with E-state index in [9.17, 15) is 4.79 Å². The van der Waals surface area contributed by atoms with Gasteiger partial charge >= 0.3 is 0 Å². The number of nitrogens with zero attached hydrogens (tertiary/aromatic N) is 3. The van der Waals surface area contributed by atoms with Crippen molar-refractivity contribution in [3.63, 3.8) is 0 Å². The highest BCUT2D eigenvalue weighted by Gasteiger charge is 2.23. The summed E-state index contributed by atoms with van der Waals surface area (Å²) in [5, 5.41) is 6.08. The molecule has 1 heterocycles. The van der Waals surface area contributed by atoms with Gasteiger partial charge in [-0.05, 0) is 51.0 Å². The summed E-state index contributed by atoms with van der Waals surface area (Å²) in [6.45, 7) is 6.25. The molecule has 2 N–H and O–H groups in total. The zero-order valence-electron chi connectivity index (χ0n) is 14.1. The van der Waals surface area contributed by atoms with Crippen LogP contribution in [0.1, 0.15) is 37.0 Å². The predicted molar refractivity (Wildman–Crippen MR) is 95.8 cm³/mol. The number of carbonyl (C=O) groups excluding carboxylic acids is 1. The third-order valence-electron chi connectivity index (χ3n) is 4.08. The summed E-state index contributed by atoms with van der Waals surface area (Å²) in [6.07, 6.45) is 5.24. The lowest BCUT2D eigenvalue weighted by Crippen LogP contribution is -2.25. The molecule has 0 spiro atoms. The van der Waals surface area contributed by atoms with E-state index in [1.807, 2.05) is 12.1 Å². The molecule has 0 unspecified atom stereocenters. The molecule has 1 fully saturated rings. The second-order valence-electron chi connectivity index (χ2n) is 5.89. The van der Waals surface area contributed by atoms with Gasteiger partial charge in [-0.2, -0.15) is 0 Å². The summed E-state index contributed by atoms with van der Waals surface area (Å²) < 4.78 is 0. The van der Waals surface area contributed by atoms with E-state index in [0.29, 0.717) is 17.6 Å². The average molecular weight is 325 g/mol. The quantitative estimate of drug-likeness (QED) is 0.819. The molecule has 1 saturated carbocycles. The van der Waals surface area contributed by atoms with E-state index in [1.54, 1.807) is 12.4 Å². The summed E-state index contributed by atoms with van der Waals surface area (Å²) >= 11 is 0. The molecule has 1 aliphatic carbocycles. The van der Waals surface area contributed by atoms with Crippen LogP contribution in [0.3, 0.4) is 0 Å². The largest absolute Gasteiger partial charge is 0.372 e. The first-order valence-corrected chi connectivity index (χ1v) is 8.44. The van der Waals surface area contributed by atoms with Gasteiger partial charge in [0.2, 0.25) is 5.95 Å². The highest BCUT2D eigenvalue weighted by molar-refractivity contribution is 5.94. The number of carbonyl (C=O) groups is 1. The highest BCUT2D eigenvalue weighted by Crippen LogP contribution is 2.20. The molecule has 24 heavy (non-hydrogen) atoms. The van der Waals surface area contributed by atoms with Crippen molar-refractivity contribution in [3.05, 3.63) is 42.2 Å². The van der Waals surface area contributed by atoms with E-state index in [-0.39, 0.29) is 5.91 Å². The molecule has 0 saturated heterocycles. The number of anilines is 3. The summed E-state index contributed by atoms with van der Waals surface area (Å²) in [5.74, 6) is 0.376. The van der Waals surface area contributed by atoms with Crippen LogP contribution in [0.15, 0.2) is 36.7 Å². The first-order chi connectivity index (χ1) is 11.7. The Hall–Kier alpha value is -2.63. The van der Waals surface area contributed by atoms with Gasteiger partial charge in [-0.1, -0.05) is 0 Å². The fourth-order valence-electron chi connectivity index (χ4n) is 2.48. The van der Waals surface area contributed by atoms with Gasteiger partial charge in [0.05, 0.1) is 5.56 Å². The molecule has 0 radical (unpaired) electrons. The lowest BCUT2D eigenvalue weighted by molar-refractivity contribution is 0.0950. The minimum absolute atomic E-state index is 0.104. The molecule has 3 rings (SSSR count). The van der Waals surface area contributed by atoms with Crippen molar-refractivity contribution in [1.29, 1.82) is 0 Å². The lowest BCUT2D eigenvalue weighted by atomic mass is 10.2. The van der Waals surface area contributed by atoms with E-state index in [4.69, 9.17) is 0 Å². The molecule has 0 aliphatic heterocycles. The number of nitrogens with one attached hydrogen (secondary N) is 2. The van der Waals surface area contributed by atoms with E-state index in [2.05, 4.69) is 51.5 Å². The first-order valence-electron chi connectivity index (χ1n) is 8.44. The van der Waals surface area contributed by atoms with E-state index < -0.39 is 0 Å². The monoisotopic (exact) mass is 325 g/mol. The van der Waals surface area contributed by atoms with Crippen molar-refractivity contribution >= 4 is 23.2 Å². The number of hydrogen-bond acceptors (Lipinski definition) is 5. The number of amides is 1. The second kappa shape index (κ2) is 7.29. The fraction of sp³-hybridized carbons (Fsp3) is 0.389. The molecule has 1 amide bonds. The van der Waals surface area contributed by atoms with Crippen LogP contribution in [0.5, 0.6) is 0 Å². The van der Waals surface area contributed by atoms with Crippen molar-refractivity contribution in [1.82, 2.24) is 15.3 Å². The van der Waals surface area contributed by atoms with Gasteiger partial charge in [-0.3, -0.25) is 4.79 Å². The molecule has 0 atom stereocenters. The summed E-state index contributed by atoms with van der Waals surface area (Å²) in [6, 6.07) is 8.49. The molecule has 126 valence electrons. The smallest absolute Gasteiger partial charge is 0.254 e. The molecular formula is C18H23N5O. The third-order valence-corrected chi connectivity index (χ3v) is 4.08. The standard InChI is InChI=1S/C18H23N5O/c1-3-23(4-2)16-9-7-15(8-10-16)22-18-19-11-13(12-20-18)17(24)21-14-5-6-14/h7-12,14H,3-6H2,1-2H3,(H,21,24)(H,19,20,22). The van der Waals surface area contributed by atoms with Crippen LogP contribution in [-0.2, 0) is 0 Å². The van der Waals surface area contributed by atoms with Crippen LogP contribution in [-0.4, -0.2) is 35.0 Å². The van der Waals surface area contributed by atoms with Crippen LogP contribution < -0.4 is 15.5 Å². The van der Waals surface area contributed by atoms with Gasteiger partial charge in [-0.15, -0.1) is 0 Å². The summed E-state index contributed by atoms with van der Waals surface area (Å²) in [4.78, 5) is 22.6.